The van der Waals surface area contributed by atoms with E-state index in [1.54, 1.807) is 7.11 Å². The standard InChI is InChI=1S/C39H48F2N6O5/c1-4-6-7-11-28(10-5-2)24-34-30-26-35(50-3)36(52-21-9-8-14-45-19-22-51-23-20-45)27-31(30)37(44-43-34)46-15-17-47(18-16-46)39(49)38(48)42-29-12-13-32(40)33(41)25-29/h5-7,10-13,25-27H,4,8-9,14-24H2,1-3H3,(H,42,48)/b7-6+,10-5-,28-11+. The Morgan fingerprint density at radius 1 is 0.962 bits per heavy atom. The third-order valence-electron chi connectivity index (χ3n) is 9.02. The summed E-state index contributed by atoms with van der Waals surface area (Å²) in [5, 5.41) is 13.5. The van der Waals surface area contributed by atoms with E-state index in [0.717, 1.165) is 86.3 Å². The number of hydrogen-bond acceptors (Lipinski definition) is 9. The maximum atomic E-state index is 13.6. The molecule has 2 saturated heterocycles. The van der Waals surface area contributed by atoms with Crippen molar-refractivity contribution in [2.45, 2.75) is 39.5 Å². The van der Waals surface area contributed by atoms with Crippen molar-refractivity contribution in [2.75, 3.05) is 83.0 Å². The molecule has 2 amide bonds. The number of morpholine rings is 1. The smallest absolute Gasteiger partial charge is 0.313 e. The second kappa shape index (κ2) is 19.1. The Morgan fingerprint density at radius 2 is 1.73 bits per heavy atom. The van der Waals surface area contributed by atoms with Crippen LogP contribution in [-0.2, 0) is 20.7 Å². The molecule has 0 spiro atoms. The lowest BCUT2D eigenvalue weighted by Gasteiger charge is -2.35. The largest absolute Gasteiger partial charge is 0.493 e. The number of benzene rings is 2. The van der Waals surface area contributed by atoms with Gasteiger partial charge in [0, 0.05) is 68.2 Å². The second-order valence-corrected chi connectivity index (χ2v) is 12.6. The van der Waals surface area contributed by atoms with Crippen LogP contribution in [0.5, 0.6) is 11.5 Å². The summed E-state index contributed by atoms with van der Waals surface area (Å²) < 4.78 is 44.6. The molecule has 1 aromatic heterocycles. The molecule has 5 rings (SSSR count). The van der Waals surface area contributed by atoms with Gasteiger partial charge >= 0.3 is 11.8 Å². The summed E-state index contributed by atoms with van der Waals surface area (Å²) in [6, 6.07) is 6.86. The highest BCUT2D eigenvalue weighted by Crippen LogP contribution is 2.38. The molecule has 2 aliphatic heterocycles. The molecule has 0 radical (unpaired) electrons. The van der Waals surface area contributed by atoms with Gasteiger partial charge in [-0.1, -0.05) is 37.3 Å². The summed E-state index contributed by atoms with van der Waals surface area (Å²) in [6.45, 7) is 10.3. The lowest BCUT2D eigenvalue weighted by atomic mass is 10.0. The fourth-order valence-corrected chi connectivity index (χ4v) is 6.21. The minimum Gasteiger partial charge on any atom is -0.493 e. The number of halogens is 2. The first-order chi connectivity index (χ1) is 25.3. The van der Waals surface area contributed by atoms with Crippen LogP contribution in [0.25, 0.3) is 10.8 Å². The lowest BCUT2D eigenvalue weighted by Crippen LogP contribution is -2.52. The van der Waals surface area contributed by atoms with Crippen molar-refractivity contribution in [1.82, 2.24) is 20.0 Å². The zero-order valence-corrected chi connectivity index (χ0v) is 30.2. The molecule has 0 unspecified atom stereocenters. The van der Waals surface area contributed by atoms with E-state index in [1.807, 2.05) is 36.1 Å². The van der Waals surface area contributed by atoms with Crippen LogP contribution in [0.2, 0.25) is 0 Å². The van der Waals surface area contributed by atoms with Crippen molar-refractivity contribution in [3.63, 3.8) is 0 Å². The van der Waals surface area contributed by atoms with Crippen molar-refractivity contribution in [3.8, 4) is 11.5 Å². The number of allylic oxidation sites excluding steroid dienone is 6. The summed E-state index contributed by atoms with van der Waals surface area (Å²) >= 11 is 0. The monoisotopic (exact) mass is 718 g/mol. The van der Waals surface area contributed by atoms with Crippen LogP contribution in [0.4, 0.5) is 20.3 Å². The lowest BCUT2D eigenvalue weighted by molar-refractivity contribution is -0.143. The van der Waals surface area contributed by atoms with Crippen LogP contribution in [0.3, 0.4) is 0 Å². The Bertz CT molecular complexity index is 1780. The Morgan fingerprint density at radius 3 is 2.44 bits per heavy atom. The average molecular weight is 719 g/mol. The Kier molecular flexibility index (Phi) is 14.1. The van der Waals surface area contributed by atoms with E-state index in [0.29, 0.717) is 43.4 Å². The Labute approximate surface area is 303 Å². The number of rotatable bonds is 14. The van der Waals surface area contributed by atoms with Crippen molar-refractivity contribution in [2.24, 2.45) is 0 Å². The first kappa shape index (κ1) is 38.4. The van der Waals surface area contributed by atoms with Crippen LogP contribution in [0.15, 0.2) is 66.3 Å². The van der Waals surface area contributed by atoms with Crippen molar-refractivity contribution in [1.29, 1.82) is 0 Å². The molecule has 0 atom stereocenters. The van der Waals surface area contributed by atoms with Gasteiger partial charge in [-0.25, -0.2) is 8.78 Å². The molecule has 2 aromatic carbocycles. The normalized spacial score (nSPS) is 15.9. The number of aromatic nitrogens is 2. The van der Waals surface area contributed by atoms with Crippen molar-refractivity contribution in [3.05, 3.63) is 83.6 Å². The molecule has 0 bridgehead atoms. The van der Waals surface area contributed by atoms with Crippen LogP contribution in [0, 0.1) is 11.6 Å². The molecule has 0 saturated carbocycles. The zero-order valence-electron chi connectivity index (χ0n) is 30.2. The molecule has 2 aliphatic rings. The molecule has 3 aromatic rings. The number of nitrogens with zero attached hydrogens (tertiary/aromatic N) is 5. The predicted molar refractivity (Wildman–Crippen MR) is 198 cm³/mol. The van der Waals surface area contributed by atoms with E-state index in [1.165, 1.54) is 11.0 Å². The molecular weight excluding hydrogens is 670 g/mol. The van der Waals surface area contributed by atoms with Crippen LogP contribution < -0.4 is 19.7 Å². The van der Waals surface area contributed by atoms with Gasteiger partial charge in [0.2, 0.25) is 0 Å². The van der Waals surface area contributed by atoms with E-state index in [-0.39, 0.29) is 18.8 Å². The second-order valence-electron chi connectivity index (χ2n) is 12.6. The van der Waals surface area contributed by atoms with Gasteiger partial charge < -0.3 is 29.3 Å². The zero-order chi connectivity index (χ0) is 36.9. The highest BCUT2D eigenvalue weighted by Gasteiger charge is 2.28. The summed E-state index contributed by atoms with van der Waals surface area (Å²) in [6.07, 6.45) is 13.6. The maximum Gasteiger partial charge on any atom is 0.313 e. The number of unbranched alkanes of at least 4 members (excludes halogenated alkanes) is 1. The van der Waals surface area contributed by atoms with Gasteiger partial charge in [0.25, 0.3) is 0 Å². The first-order valence-corrected chi connectivity index (χ1v) is 17.9. The summed E-state index contributed by atoms with van der Waals surface area (Å²) in [5.41, 5.74) is 1.85. The summed E-state index contributed by atoms with van der Waals surface area (Å²) in [7, 11) is 1.63. The fourth-order valence-electron chi connectivity index (χ4n) is 6.21. The highest BCUT2D eigenvalue weighted by atomic mass is 19.2. The van der Waals surface area contributed by atoms with Gasteiger partial charge in [-0.15, -0.1) is 5.10 Å². The SMILES string of the molecule is C\C=C/C(=C\C=C\CC)Cc1nnc(N2CCN(C(=O)C(=O)Nc3ccc(F)c(F)c3)CC2)c2cc(OCCCCN3CCOCC3)c(OC)cc12. The molecular formula is C39H48F2N6O5. The van der Waals surface area contributed by atoms with E-state index in [9.17, 15) is 18.4 Å². The number of nitrogens with one attached hydrogen (secondary N) is 1. The molecule has 3 heterocycles. The number of carbonyl (C=O) groups is 2. The number of amides is 2. The third-order valence-corrected chi connectivity index (χ3v) is 9.02. The molecule has 11 nitrogen and oxygen atoms in total. The molecule has 13 heteroatoms. The molecule has 52 heavy (non-hydrogen) atoms. The minimum absolute atomic E-state index is 0.00270. The third kappa shape index (κ3) is 10.1. The van der Waals surface area contributed by atoms with Gasteiger partial charge in [0.1, 0.15) is 0 Å². The Balaban J connectivity index is 1.35. The van der Waals surface area contributed by atoms with Gasteiger partial charge in [-0.3, -0.25) is 14.5 Å². The van der Waals surface area contributed by atoms with E-state index in [2.05, 4.69) is 35.4 Å². The van der Waals surface area contributed by atoms with Gasteiger partial charge in [-0.05, 0) is 62.6 Å². The molecule has 278 valence electrons. The highest BCUT2D eigenvalue weighted by molar-refractivity contribution is 6.39. The summed E-state index contributed by atoms with van der Waals surface area (Å²) in [4.78, 5) is 31.6. The van der Waals surface area contributed by atoms with E-state index < -0.39 is 23.4 Å². The van der Waals surface area contributed by atoms with Crippen LogP contribution in [0.1, 0.15) is 38.8 Å². The topological polar surface area (TPSA) is 109 Å². The van der Waals surface area contributed by atoms with Crippen LogP contribution in [-0.4, -0.2) is 105 Å². The number of methoxy groups -OCH3 is 1. The van der Waals surface area contributed by atoms with Gasteiger partial charge in [0.15, 0.2) is 29.0 Å². The minimum atomic E-state index is -1.12. The predicted octanol–water partition coefficient (Wildman–Crippen LogP) is 5.71. The van der Waals surface area contributed by atoms with Gasteiger partial charge in [0.05, 0.1) is 32.6 Å². The molecule has 0 aliphatic carbocycles. The first-order valence-electron chi connectivity index (χ1n) is 17.9. The van der Waals surface area contributed by atoms with E-state index in [4.69, 9.17) is 24.4 Å². The number of anilines is 2. The number of fused-ring (bicyclic) bond motifs is 1. The molecule has 1 N–H and O–H groups in total. The average Bonchev–Trinajstić information content (AvgIpc) is 3.16. The number of hydrogen-bond donors (Lipinski definition) is 1. The van der Waals surface area contributed by atoms with Crippen molar-refractivity contribution < 1.29 is 32.6 Å². The van der Waals surface area contributed by atoms with Gasteiger partial charge in [-0.2, -0.15) is 5.10 Å². The number of piperazine rings is 1. The quantitative estimate of drug-likeness (QED) is 0.128. The molecule has 2 fully saturated rings. The van der Waals surface area contributed by atoms with E-state index >= 15 is 0 Å². The summed E-state index contributed by atoms with van der Waals surface area (Å²) in [5.74, 6) is -1.99. The maximum absolute atomic E-state index is 13.6. The Hall–Kier alpha value is -4.88. The number of carbonyl (C=O) groups excluding carboxylic acids is 2. The van der Waals surface area contributed by atoms with Crippen LogP contribution >= 0.6 is 0 Å². The van der Waals surface area contributed by atoms with Crippen molar-refractivity contribution >= 4 is 34.1 Å². The fraction of sp³-hybridized carbons (Fsp3) is 0.436. The number of ether oxygens (including phenoxy) is 3.